The Labute approximate surface area is 104 Å². The fraction of sp³-hybridized carbons (Fsp3) is 0.769. The Morgan fingerprint density at radius 1 is 1.29 bits per heavy atom. The lowest BCUT2D eigenvalue weighted by molar-refractivity contribution is 0.147. The minimum atomic E-state index is 0.582. The molecule has 0 N–H and O–H groups in total. The first kappa shape index (κ1) is 12.4. The van der Waals surface area contributed by atoms with E-state index in [-0.39, 0.29) is 0 Å². The zero-order valence-electron chi connectivity index (χ0n) is 11.4. The number of hydrogen-bond acceptors (Lipinski definition) is 3. The first-order valence-corrected chi connectivity index (χ1v) is 6.54. The molecule has 17 heavy (non-hydrogen) atoms. The molecule has 0 spiro atoms. The first-order valence-electron chi connectivity index (χ1n) is 6.54. The van der Waals surface area contributed by atoms with Crippen LogP contribution < -0.4 is 4.90 Å². The van der Waals surface area contributed by atoms with Gasteiger partial charge in [-0.3, -0.25) is 4.68 Å². The fourth-order valence-electron chi connectivity index (χ4n) is 2.44. The lowest BCUT2D eigenvalue weighted by Crippen LogP contribution is -2.39. The van der Waals surface area contributed by atoms with Crippen LogP contribution in [0.4, 0.5) is 5.82 Å². The van der Waals surface area contributed by atoms with Crippen LogP contribution in [0.5, 0.6) is 0 Å². The van der Waals surface area contributed by atoms with Gasteiger partial charge < -0.3 is 9.80 Å². The van der Waals surface area contributed by atoms with Gasteiger partial charge in [-0.25, -0.2) is 0 Å². The molecule has 1 fully saturated rings. The van der Waals surface area contributed by atoms with Gasteiger partial charge in [-0.1, -0.05) is 0 Å². The summed E-state index contributed by atoms with van der Waals surface area (Å²) in [7, 11) is 4.07. The summed E-state index contributed by atoms with van der Waals surface area (Å²) in [5.74, 6) is 1.05. The third-order valence-electron chi connectivity index (χ3n) is 3.66. The molecule has 0 radical (unpaired) electrons. The number of aromatic nitrogens is 2. The SMILES string of the molecule is CC(C)N1CCC(n2ccc(N(C)C)n2)CC1. The molecule has 2 heterocycles. The Kier molecular flexibility index (Phi) is 3.72. The molecule has 0 atom stereocenters. The van der Waals surface area contributed by atoms with Crippen molar-refractivity contribution in [3.63, 3.8) is 0 Å². The van der Waals surface area contributed by atoms with Gasteiger partial charge in [-0.15, -0.1) is 0 Å². The predicted molar refractivity (Wildman–Crippen MR) is 71.5 cm³/mol. The van der Waals surface area contributed by atoms with E-state index < -0.39 is 0 Å². The van der Waals surface area contributed by atoms with Gasteiger partial charge in [0.15, 0.2) is 0 Å². The molecule has 0 aromatic carbocycles. The second-order valence-electron chi connectivity index (χ2n) is 5.41. The summed E-state index contributed by atoms with van der Waals surface area (Å²) in [6.07, 6.45) is 4.55. The molecular weight excluding hydrogens is 212 g/mol. The molecule has 0 saturated carbocycles. The summed E-state index contributed by atoms with van der Waals surface area (Å²) in [5.41, 5.74) is 0. The molecule has 0 aliphatic carbocycles. The molecule has 1 aromatic rings. The van der Waals surface area contributed by atoms with E-state index in [1.165, 1.54) is 25.9 Å². The highest BCUT2D eigenvalue weighted by atomic mass is 15.4. The van der Waals surface area contributed by atoms with Crippen LogP contribution >= 0.6 is 0 Å². The average Bonchev–Trinajstić information content (AvgIpc) is 2.78. The predicted octanol–water partition coefficient (Wildman–Crippen LogP) is 1.99. The molecule has 2 rings (SSSR count). The van der Waals surface area contributed by atoms with E-state index in [1.54, 1.807) is 0 Å². The number of anilines is 1. The van der Waals surface area contributed by atoms with Crippen LogP contribution in [0.2, 0.25) is 0 Å². The van der Waals surface area contributed by atoms with E-state index in [2.05, 4.69) is 45.7 Å². The second kappa shape index (κ2) is 5.08. The minimum Gasteiger partial charge on any atom is -0.361 e. The quantitative estimate of drug-likeness (QED) is 0.802. The lowest BCUT2D eigenvalue weighted by atomic mass is 10.0. The highest BCUT2D eigenvalue weighted by Crippen LogP contribution is 2.24. The van der Waals surface area contributed by atoms with E-state index in [0.29, 0.717) is 12.1 Å². The van der Waals surface area contributed by atoms with Crippen molar-refractivity contribution in [1.82, 2.24) is 14.7 Å². The standard InChI is InChI=1S/C13H24N4/c1-11(2)16-8-5-12(6-9-16)17-10-7-13(14-17)15(3)4/h7,10-12H,5-6,8-9H2,1-4H3. The van der Waals surface area contributed by atoms with Crippen LogP contribution in [0.1, 0.15) is 32.7 Å². The largest absolute Gasteiger partial charge is 0.361 e. The highest BCUT2D eigenvalue weighted by molar-refractivity contribution is 5.34. The summed E-state index contributed by atoms with van der Waals surface area (Å²) in [6, 6.07) is 3.35. The van der Waals surface area contributed by atoms with Gasteiger partial charge in [0.2, 0.25) is 0 Å². The van der Waals surface area contributed by atoms with Gasteiger partial charge in [0.1, 0.15) is 5.82 Å². The topological polar surface area (TPSA) is 24.3 Å². The van der Waals surface area contributed by atoms with E-state index in [4.69, 9.17) is 0 Å². The van der Waals surface area contributed by atoms with Gasteiger partial charge in [0.25, 0.3) is 0 Å². The maximum absolute atomic E-state index is 4.63. The molecule has 4 heteroatoms. The van der Waals surface area contributed by atoms with Crippen molar-refractivity contribution < 1.29 is 0 Å². The van der Waals surface area contributed by atoms with Crippen LogP contribution in [0.3, 0.4) is 0 Å². The van der Waals surface area contributed by atoms with Crippen molar-refractivity contribution in [3.8, 4) is 0 Å². The molecule has 0 bridgehead atoms. The van der Waals surface area contributed by atoms with E-state index in [0.717, 1.165) is 5.82 Å². The molecular formula is C13H24N4. The monoisotopic (exact) mass is 236 g/mol. The Bertz CT molecular complexity index is 348. The minimum absolute atomic E-state index is 0.582. The van der Waals surface area contributed by atoms with Crippen LogP contribution in [-0.4, -0.2) is 47.9 Å². The summed E-state index contributed by atoms with van der Waals surface area (Å²) in [5, 5.41) is 4.63. The fourth-order valence-corrected chi connectivity index (χ4v) is 2.44. The van der Waals surface area contributed by atoms with Gasteiger partial charge in [-0.05, 0) is 26.7 Å². The number of piperidine rings is 1. The Hall–Kier alpha value is -1.03. The van der Waals surface area contributed by atoms with E-state index in [9.17, 15) is 0 Å². The maximum Gasteiger partial charge on any atom is 0.150 e. The van der Waals surface area contributed by atoms with Crippen molar-refractivity contribution in [2.75, 3.05) is 32.1 Å². The van der Waals surface area contributed by atoms with E-state index in [1.807, 2.05) is 14.1 Å². The van der Waals surface area contributed by atoms with Gasteiger partial charge in [0.05, 0.1) is 6.04 Å². The van der Waals surface area contributed by atoms with Crippen molar-refractivity contribution >= 4 is 5.82 Å². The molecule has 1 saturated heterocycles. The average molecular weight is 236 g/mol. The van der Waals surface area contributed by atoms with Crippen LogP contribution in [0, 0.1) is 0 Å². The Balaban J connectivity index is 1.96. The maximum atomic E-state index is 4.63. The van der Waals surface area contributed by atoms with Crippen LogP contribution in [0.25, 0.3) is 0 Å². The van der Waals surface area contributed by atoms with Crippen LogP contribution in [0.15, 0.2) is 12.3 Å². The number of rotatable bonds is 3. The lowest BCUT2D eigenvalue weighted by Gasteiger charge is -2.34. The molecule has 0 amide bonds. The summed E-state index contributed by atoms with van der Waals surface area (Å²) in [6.45, 7) is 6.94. The van der Waals surface area contributed by atoms with Crippen molar-refractivity contribution in [2.24, 2.45) is 0 Å². The summed E-state index contributed by atoms with van der Waals surface area (Å²) < 4.78 is 2.15. The van der Waals surface area contributed by atoms with Crippen molar-refractivity contribution in [2.45, 2.75) is 38.8 Å². The molecule has 96 valence electrons. The molecule has 4 nitrogen and oxygen atoms in total. The van der Waals surface area contributed by atoms with Gasteiger partial charge in [-0.2, -0.15) is 5.10 Å². The van der Waals surface area contributed by atoms with Gasteiger partial charge in [0, 0.05) is 45.5 Å². The van der Waals surface area contributed by atoms with E-state index >= 15 is 0 Å². The zero-order valence-corrected chi connectivity index (χ0v) is 11.4. The second-order valence-corrected chi connectivity index (χ2v) is 5.41. The molecule has 0 unspecified atom stereocenters. The number of nitrogens with zero attached hydrogens (tertiary/aromatic N) is 4. The third-order valence-corrected chi connectivity index (χ3v) is 3.66. The third kappa shape index (κ3) is 2.80. The molecule has 1 aromatic heterocycles. The Morgan fingerprint density at radius 2 is 1.94 bits per heavy atom. The van der Waals surface area contributed by atoms with Crippen molar-refractivity contribution in [3.05, 3.63) is 12.3 Å². The smallest absolute Gasteiger partial charge is 0.150 e. The first-order chi connectivity index (χ1) is 8.08. The number of hydrogen-bond donors (Lipinski definition) is 0. The number of likely N-dealkylation sites (tertiary alicyclic amines) is 1. The highest BCUT2D eigenvalue weighted by Gasteiger charge is 2.22. The zero-order chi connectivity index (χ0) is 12.4. The van der Waals surface area contributed by atoms with Gasteiger partial charge >= 0.3 is 0 Å². The summed E-state index contributed by atoms with van der Waals surface area (Å²) >= 11 is 0. The van der Waals surface area contributed by atoms with Crippen molar-refractivity contribution in [1.29, 1.82) is 0 Å². The molecule has 1 aliphatic heterocycles. The summed E-state index contributed by atoms with van der Waals surface area (Å²) in [4.78, 5) is 4.60. The Morgan fingerprint density at radius 3 is 2.41 bits per heavy atom. The van der Waals surface area contributed by atoms with Crippen LogP contribution in [-0.2, 0) is 0 Å². The normalized spacial score (nSPS) is 18.9. The molecule has 1 aliphatic rings.